The third-order valence-corrected chi connectivity index (χ3v) is 2.79. The molecular formula is C14H19NO. The molecule has 0 aliphatic carbocycles. The maximum Gasteiger partial charge on any atom is 0.132 e. The normalized spacial score (nSPS) is 12.9. The summed E-state index contributed by atoms with van der Waals surface area (Å²) in [4.78, 5) is 15.1. The molecule has 0 fully saturated rings. The molecular weight excluding hydrogens is 198 g/mol. The van der Waals surface area contributed by atoms with Crippen molar-refractivity contribution in [3.05, 3.63) is 35.4 Å². The van der Waals surface area contributed by atoms with Gasteiger partial charge in [0.1, 0.15) is 5.78 Å². The molecule has 1 aromatic carbocycles. The molecule has 0 aliphatic heterocycles. The van der Waals surface area contributed by atoms with Gasteiger partial charge in [0.2, 0.25) is 0 Å². The molecule has 1 aromatic rings. The zero-order chi connectivity index (χ0) is 12.0. The smallest absolute Gasteiger partial charge is 0.132 e. The maximum atomic E-state index is 11.1. The number of hydrogen-bond donors (Lipinski definition) is 0. The third-order valence-electron chi connectivity index (χ3n) is 2.79. The van der Waals surface area contributed by atoms with Crippen LogP contribution in [0.3, 0.4) is 0 Å². The van der Waals surface area contributed by atoms with Gasteiger partial charge in [-0.15, -0.1) is 0 Å². The molecule has 2 heteroatoms. The predicted octanol–water partition coefficient (Wildman–Crippen LogP) is 2.89. The van der Waals surface area contributed by atoms with Gasteiger partial charge in [-0.05, 0) is 30.9 Å². The molecule has 0 aliphatic rings. The quantitative estimate of drug-likeness (QED) is 0.697. The van der Waals surface area contributed by atoms with Crippen molar-refractivity contribution in [2.45, 2.75) is 26.7 Å². The number of Topliss-reactive ketones (excluding diaryl/α,β-unsaturated/α-hetero) is 1. The van der Waals surface area contributed by atoms with Gasteiger partial charge in [-0.3, -0.25) is 9.79 Å². The van der Waals surface area contributed by atoms with Gasteiger partial charge < -0.3 is 0 Å². The van der Waals surface area contributed by atoms with Crippen molar-refractivity contribution in [3.63, 3.8) is 0 Å². The number of carbonyl (C=O) groups is 1. The van der Waals surface area contributed by atoms with Gasteiger partial charge >= 0.3 is 0 Å². The lowest BCUT2D eigenvalue weighted by Gasteiger charge is -2.07. The zero-order valence-electron chi connectivity index (χ0n) is 10.2. The highest BCUT2D eigenvalue weighted by Crippen LogP contribution is 2.11. The van der Waals surface area contributed by atoms with E-state index in [9.17, 15) is 4.79 Å². The molecule has 2 nitrogen and oxygen atoms in total. The summed E-state index contributed by atoms with van der Waals surface area (Å²) in [6.45, 7) is 3.64. The van der Waals surface area contributed by atoms with E-state index in [2.05, 4.69) is 17.1 Å². The van der Waals surface area contributed by atoms with Crippen molar-refractivity contribution in [1.29, 1.82) is 0 Å². The molecule has 16 heavy (non-hydrogen) atoms. The number of rotatable bonds is 5. The zero-order valence-corrected chi connectivity index (χ0v) is 10.2. The minimum absolute atomic E-state index is 0.156. The van der Waals surface area contributed by atoms with Crippen molar-refractivity contribution < 1.29 is 4.79 Å². The highest BCUT2D eigenvalue weighted by Gasteiger charge is 2.07. The van der Waals surface area contributed by atoms with Crippen LogP contribution in [0, 0.1) is 5.92 Å². The molecule has 0 amide bonds. The lowest BCUT2D eigenvalue weighted by molar-refractivity contribution is -0.120. The number of nitrogens with zero attached hydrogens (tertiary/aromatic N) is 1. The molecule has 0 saturated carbocycles. The van der Waals surface area contributed by atoms with Crippen molar-refractivity contribution in [1.82, 2.24) is 0 Å². The topological polar surface area (TPSA) is 29.4 Å². The van der Waals surface area contributed by atoms with E-state index < -0.39 is 0 Å². The van der Waals surface area contributed by atoms with E-state index in [0.717, 1.165) is 18.4 Å². The van der Waals surface area contributed by atoms with Gasteiger partial charge in [-0.25, -0.2) is 0 Å². The van der Waals surface area contributed by atoms with Crippen molar-refractivity contribution in [2.24, 2.45) is 10.9 Å². The number of hydrogen-bond acceptors (Lipinski definition) is 2. The summed E-state index contributed by atoms with van der Waals surface area (Å²) in [5, 5.41) is 0. The first-order chi connectivity index (χ1) is 7.63. The second kappa shape index (κ2) is 6.21. The van der Waals surface area contributed by atoms with Crippen LogP contribution in [0.4, 0.5) is 0 Å². The van der Waals surface area contributed by atoms with E-state index in [-0.39, 0.29) is 11.7 Å². The van der Waals surface area contributed by atoms with Gasteiger partial charge in [0.15, 0.2) is 0 Å². The second-order valence-corrected chi connectivity index (χ2v) is 4.18. The minimum Gasteiger partial charge on any atom is -0.300 e. The number of aliphatic imine (C=N–C) groups is 1. The number of carbonyl (C=O) groups excluding carboxylic acids is 1. The first-order valence-corrected chi connectivity index (χ1v) is 5.65. The predicted molar refractivity (Wildman–Crippen MR) is 68.1 cm³/mol. The summed E-state index contributed by atoms with van der Waals surface area (Å²) in [7, 11) is 1.77. The summed E-state index contributed by atoms with van der Waals surface area (Å²) in [6, 6.07) is 8.29. The molecule has 1 atom stereocenters. The lowest BCUT2D eigenvalue weighted by Crippen LogP contribution is -2.07. The Kier molecular flexibility index (Phi) is 4.90. The first-order valence-electron chi connectivity index (χ1n) is 5.65. The fourth-order valence-corrected chi connectivity index (χ4v) is 1.56. The fourth-order valence-electron chi connectivity index (χ4n) is 1.56. The molecule has 86 valence electrons. The Morgan fingerprint density at radius 2 is 2.25 bits per heavy atom. The van der Waals surface area contributed by atoms with Gasteiger partial charge in [0.25, 0.3) is 0 Å². The molecule has 0 heterocycles. The van der Waals surface area contributed by atoms with Gasteiger partial charge in [0.05, 0.1) is 0 Å². The van der Waals surface area contributed by atoms with E-state index in [0.29, 0.717) is 0 Å². The first kappa shape index (κ1) is 12.6. The van der Waals surface area contributed by atoms with Crippen LogP contribution in [0.5, 0.6) is 0 Å². The molecule has 0 aromatic heterocycles. The molecule has 1 unspecified atom stereocenters. The molecule has 0 N–H and O–H groups in total. The van der Waals surface area contributed by atoms with Crippen LogP contribution < -0.4 is 0 Å². The van der Waals surface area contributed by atoms with Crippen LogP contribution in [-0.2, 0) is 11.2 Å². The molecule has 1 rings (SSSR count). The monoisotopic (exact) mass is 217 g/mol. The fraction of sp³-hybridized carbons (Fsp3) is 0.429. The van der Waals surface area contributed by atoms with E-state index >= 15 is 0 Å². The lowest BCUT2D eigenvalue weighted by atomic mass is 9.97. The molecule has 0 radical (unpaired) electrons. The molecule has 0 saturated heterocycles. The number of ketones is 1. The minimum atomic E-state index is 0.156. The van der Waals surface area contributed by atoms with Crippen molar-refractivity contribution >= 4 is 12.0 Å². The SMILES string of the molecule is C/N=C/c1cccc(CCC(C)C(C)=O)c1. The number of aryl methyl sites for hydroxylation is 1. The standard InChI is InChI=1S/C14H19NO/c1-11(12(2)16)7-8-13-5-4-6-14(9-13)10-15-3/h4-6,9-11H,7-8H2,1-3H3/b15-10+. The third kappa shape index (κ3) is 3.97. The maximum absolute atomic E-state index is 11.1. The van der Waals surface area contributed by atoms with Gasteiger partial charge in [0, 0.05) is 19.2 Å². The Morgan fingerprint density at radius 1 is 1.50 bits per heavy atom. The van der Waals surface area contributed by atoms with Gasteiger partial charge in [-0.1, -0.05) is 31.2 Å². The van der Waals surface area contributed by atoms with E-state index in [1.807, 2.05) is 25.3 Å². The van der Waals surface area contributed by atoms with E-state index in [4.69, 9.17) is 0 Å². The summed E-state index contributed by atoms with van der Waals surface area (Å²) in [5.41, 5.74) is 2.39. The summed E-state index contributed by atoms with van der Waals surface area (Å²) in [5.74, 6) is 0.426. The Labute approximate surface area is 97.4 Å². The van der Waals surface area contributed by atoms with Crippen molar-refractivity contribution in [3.8, 4) is 0 Å². The van der Waals surface area contributed by atoms with Crippen LogP contribution in [0.1, 0.15) is 31.4 Å². The highest BCUT2D eigenvalue weighted by molar-refractivity contribution is 5.79. The van der Waals surface area contributed by atoms with Crippen LogP contribution in [0.15, 0.2) is 29.3 Å². The Hall–Kier alpha value is -1.44. The largest absolute Gasteiger partial charge is 0.300 e. The molecule has 0 bridgehead atoms. The summed E-state index contributed by atoms with van der Waals surface area (Å²) in [6.07, 6.45) is 3.71. The van der Waals surface area contributed by atoms with E-state index in [1.54, 1.807) is 14.0 Å². The Bertz CT molecular complexity index is 382. The highest BCUT2D eigenvalue weighted by atomic mass is 16.1. The van der Waals surface area contributed by atoms with Crippen LogP contribution >= 0.6 is 0 Å². The average Bonchev–Trinajstić information content (AvgIpc) is 2.26. The number of benzene rings is 1. The van der Waals surface area contributed by atoms with Crippen LogP contribution in [0.2, 0.25) is 0 Å². The second-order valence-electron chi connectivity index (χ2n) is 4.18. The van der Waals surface area contributed by atoms with Crippen LogP contribution in [-0.4, -0.2) is 19.0 Å². The average molecular weight is 217 g/mol. The summed E-state index contributed by atoms with van der Waals surface area (Å²) < 4.78 is 0. The van der Waals surface area contributed by atoms with Crippen LogP contribution in [0.25, 0.3) is 0 Å². The Balaban J connectivity index is 2.60. The summed E-state index contributed by atoms with van der Waals surface area (Å²) >= 11 is 0. The van der Waals surface area contributed by atoms with E-state index in [1.165, 1.54) is 5.56 Å². The van der Waals surface area contributed by atoms with Crippen molar-refractivity contribution in [2.75, 3.05) is 7.05 Å². The molecule has 0 spiro atoms. The van der Waals surface area contributed by atoms with Gasteiger partial charge in [-0.2, -0.15) is 0 Å². The Morgan fingerprint density at radius 3 is 2.88 bits per heavy atom.